The van der Waals surface area contributed by atoms with Gasteiger partial charge < -0.3 is 14.7 Å². The van der Waals surface area contributed by atoms with Gasteiger partial charge in [0.05, 0.1) is 7.11 Å². The van der Waals surface area contributed by atoms with Gasteiger partial charge in [-0.25, -0.2) is 0 Å². The van der Waals surface area contributed by atoms with Crippen LogP contribution in [0.5, 0.6) is 11.5 Å². The van der Waals surface area contributed by atoms with Crippen LogP contribution in [-0.4, -0.2) is 43.3 Å². The molecule has 5 heteroatoms. The third-order valence-electron chi connectivity index (χ3n) is 4.21. The number of methoxy groups -OCH3 is 1. The van der Waals surface area contributed by atoms with E-state index < -0.39 is 0 Å². The van der Waals surface area contributed by atoms with E-state index in [1.54, 1.807) is 13.2 Å². The highest BCUT2D eigenvalue weighted by Gasteiger charge is 2.17. The Kier molecular flexibility index (Phi) is 4.94. The van der Waals surface area contributed by atoms with Gasteiger partial charge in [0, 0.05) is 43.4 Å². The molecule has 1 N–H and O–H groups in total. The number of piperazine rings is 1. The van der Waals surface area contributed by atoms with Gasteiger partial charge in [0.15, 0.2) is 11.5 Å². The maximum absolute atomic E-state index is 9.87. The fraction of sp³-hybridized carbons (Fsp3) is 0.333. The van der Waals surface area contributed by atoms with Gasteiger partial charge in [0.25, 0.3) is 0 Å². The third kappa shape index (κ3) is 3.89. The molecule has 3 rings (SSSR count). The number of aromatic hydroxyl groups is 1. The van der Waals surface area contributed by atoms with Gasteiger partial charge in [0.2, 0.25) is 0 Å². The van der Waals surface area contributed by atoms with Crippen LogP contribution >= 0.6 is 11.6 Å². The second kappa shape index (κ2) is 7.11. The fourth-order valence-electron chi connectivity index (χ4n) is 2.91. The van der Waals surface area contributed by atoms with Gasteiger partial charge >= 0.3 is 0 Å². The number of halogens is 1. The van der Waals surface area contributed by atoms with Crippen molar-refractivity contribution in [2.75, 3.05) is 38.2 Å². The highest BCUT2D eigenvalue weighted by Crippen LogP contribution is 2.27. The van der Waals surface area contributed by atoms with Crippen LogP contribution in [0.2, 0.25) is 5.02 Å². The van der Waals surface area contributed by atoms with Crippen molar-refractivity contribution in [2.24, 2.45) is 0 Å². The van der Waals surface area contributed by atoms with E-state index in [4.69, 9.17) is 16.3 Å². The van der Waals surface area contributed by atoms with Crippen molar-refractivity contribution >= 4 is 17.3 Å². The quantitative estimate of drug-likeness (QED) is 0.931. The lowest BCUT2D eigenvalue weighted by molar-refractivity contribution is 0.249. The van der Waals surface area contributed by atoms with E-state index >= 15 is 0 Å². The van der Waals surface area contributed by atoms with Crippen LogP contribution in [0.3, 0.4) is 0 Å². The lowest BCUT2D eigenvalue weighted by Gasteiger charge is -2.36. The standard InChI is InChI=1S/C18H21ClN2O2/c1-23-18-7-2-14(12-17(18)22)13-20-8-10-21(11-9-20)16-5-3-15(19)4-6-16/h2-7,12,22H,8-11,13H2,1H3. The zero-order chi connectivity index (χ0) is 16.2. The minimum absolute atomic E-state index is 0.199. The Hall–Kier alpha value is -1.91. The lowest BCUT2D eigenvalue weighted by atomic mass is 10.1. The van der Waals surface area contributed by atoms with Gasteiger partial charge in [-0.2, -0.15) is 0 Å². The molecule has 0 spiro atoms. The number of nitrogens with zero attached hydrogens (tertiary/aromatic N) is 2. The largest absolute Gasteiger partial charge is 0.504 e. The molecule has 2 aromatic carbocycles. The lowest BCUT2D eigenvalue weighted by Crippen LogP contribution is -2.45. The normalized spacial score (nSPS) is 15.7. The summed E-state index contributed by atoms with van der Waals surface area (Å²) in [6.45, 7) is 4.81. The number of hydrogen-bond donors (Lipinski definition) is 1. The fourth-order valence-corrected chi connectivity index (χ4v) is 3.03. The Morgan fingerprint density at radius 1 is 1.04 bits per heavy atom. The average Bonchev–Trinajstić information content (AvgIpc) is 2.57. The molecule has 2 aromatic rings. The number of benzene rings is 2. The summed E-state index contributed by atoms with van der Waals surface area (Å²) >= 11 is 5.94. The topological polar surface area (TPSA) is 35.9 Å². The molecule has 4 nitrogen and oxygen atoms in total. The molecule has 1 aliphatic rings. The number of hydrogen-bond acceptors (Lipinski definition) is 4. The summed E-state index contributed by atoms with van der Waals surface area (Å²) in [5.41, 5.74) is 2.32. The summed E-state index contributed by atoms with van der Waals surface area (Å²) in [4.78, 5) is 4.77. The monoisotopic (exact) mass is 332 g/mol. The van der Waals surface area contributed by atoms with Crippen molar-refractivity contribution in [3.05, 3.63) is 53.1 Å². The highest BCUT2D eigenvalue weighted by molar-refractivity contribution is 6.30. The zero-order valence-electron chi connectivity index (χ0n) is 13.2. The smallest absolute Gasteiger partial charge is 0.160 e. The predicted octanol–water partition coefficient (Wildman–Crippen LogP) is 3.38. The zero-order valence-corrected chi connectivity index (χ0v) is 14.0. The van der Waals surface area contributed by atoms with Crippen molar-refractivity contribution in [3.8, 4) is 11.5 Å². The molecule has 0 saturated carbocycles. The summed E-state index contributed by atoms with van der Waals surface area (Å²) in [6.07, 6.45) is 0. The van der Waals surface area contributed by atoms with E-state index in [0.717, 1.165) is 43.3 Å². The van der Waals surface area contributed by atoms with Crippen LogP contribution in [-0.2, 0) is 6.54 Å². The molecule has 0 aromatic heterocycles. The molecular formula is C18H21ClN2O2. The van der Waals surface area contributed by atoms with Crippen molar-refractivity contribution < 1.29 is 9.84 Å². The van der Waals surface area contributed by atoms with Gasteiger partial charge in [-0.05, 0) is 42.0 Å². The van der Waals surface area contributed by atoms with Crippen molar-refractivity contribution in [3.63, 3.8) is 0 Å². The minimum atomic E-state index is 0.199. The van der Waals surface area contributed by atoms with E-state index in [-0.39, 0.29) is 5.75 Å². The van der Waals surface area contributed by atoms with Crippen LogP contribution in [0.15, 0.2) is 42.5 Å². The molecule has 122 valence electrons. The van der Waals surface area contributed by atoms with E-state index in [2.05, 4.69) is 21.9 Å². The first kappa shape index (κ1) is 16.0. The molecule has 1 aliphatic heterocycles. The van der Waals surface area contributed by atoms with Crippen molar-refractivity contribution in [1.29, 1.82) is 0 Å². The Bertz CT molecular complexity index is 653. The highest BCUT2D eigenvalue weighted by atomic mass is 35.5. The van der Waals surface area contributed by atoms with Crippen LogP contribution in [0.1, 0.15) is 5.56 Å². The maximum Gasteiger partial charge on any atom is 0.160 e. The SMILES string of the molecule is COc1ccc(CN2CCN(c3ccc(Cl)cc3)CC2)cc1O. The summed E-state index contributed by atoms with van der Waals surface area (Å²) in [6, 6.07) is 13.6. The molecule has 0 atom stereocenters. The molecule has 0 aliphatic carbocycles. The number of phenols is 1. The summed E-state index contributed by atoms with van der Waals surface area (Å²) in [5.74, 6) is 0.714. The van der Waals surface area contributed by atoms with E-state index in [0.29, 0.717) is 5.75 Å². The van der Waals surface area contributed by atoms with Crippen LogP contribution in [0.25, 0.3) is 0 Å². The predicted molar refractivity (Wildman–Crippen MR) is 93.6 cm³/mol. The van der Waals surface area contributed by atoms with E-state index in [9.17, 15) is 5.11 Å². The first-order chi connectivity index (χ1) is 11.2. The van der Waals surface area contributed by atoms with Gasteiger partial charge in [-0.1, -0.05) is 17.7 Å². The minimum Gasteiger partial charge on any atom is -0.504 e. The van der Waals surface area contributed by atoms with Gasteiger partial charge in [-0.15, -0.1) is 0 Å². The maximum atomic E-state index is 9.87. The molecular weight excluding hydrogens is 312 g/mol. The Morgan fingerprint density at radius 3 is 2.35 bits per heavy atom. The van der Waals surface area contributed by atoms with Gasteiger partial charge in [0.1, 0.15) is 0 Å². The van der Waals surface area contributed by atoms with Crippen molar-refractivity contribution in [1.82, 2.24) is 4.90 Å². The molecule has 1 saturated heterocycles. The first-order valence-electron chi connectivity index (χ1n) is 7.74. The van der Waals surface area contributed by atoms with Crippen LogP contribution in [0, 0.1) is 0 Å². The Morgan fingerprint density at radius 2 is 1.74 bits per heavy atom. The second-order valence-electron chi connectivity index (χ2n) is 5.75. The second-order valence-corrected chi connectivity index (χ2v) is 6.18. The first-order valence-corrected chi connectivity index (χ1v) is 8.12. The van der Waals surface area contributed by atoms with Crippen LogP contribution < -0.4 is 9.64 Å². The third-order valence-corrected chi connectivity index (χ3v) is 4.47. The molecule has 1 fully saturated rings. The molecule has 0 bridgehead atoms. The number of phenolic OH excluding ortho intramolecular Hbond substituents is 1. The Balaban J connectivity index is 1.56. The van der Waals surface area contributed by atoms with Gasteiger partial charge in [-0.3, -0.25) is 4.90 Å². The summed E-state index contributed by atoms with van der Waals surface area (Å²) < 4.78 is 5.08. The summed E-state index contributed by atoms with van der Waals surface area (Å²) in [7, 11) is 1.56. The number of rotatable bonds is 4. The van der Waals surface area contributed by atoms with E-state index in [1.807, 2.05) is 24.3 Å². The molecule has 0 radical (unpaired) electrons. The molecule has 0 amide bonds. The number of anilines is 1. The van der Waals surface area contributed by atoms with Crippen LogP contribution in [0.4, 0.5) is 5.69 Å². The molecule has 1 heterocycles. The van der Waals surface area contributed by atoms with Crippen molar-refractivity contribution in [2.45, 2.75) is 6.54 Å². The molecule has 0 unspecified atom stereocenters. The van der Waals surface area contributed by atoms with E-state index in [1.165, 1.54) is 5.69 Å². The Labute approximate surface area is 141 Å². The average molecular weight is 333 g/mol. The summed E-state index contributed by atoms with van der Waals surface area (Å²) in [5, 5.41) is 10.6. The molecule has 23 heavy (non-hydrogen) atoms. The number of ether oxygens (including phenoxy) is 1.